The van der Waals surface area contributed by atoms with E-state index in [0.29, 0.717) is 4.90 Å². The molecule has 0 heterocycles. The summed E-state index contributed by atoms with van der Waals surface area (Å²) in [7, 11) is -0.804. The van der Waals surface area contributed by atoms with Gasteiger partial charge in [-0.25, -0.2) is 21.6 Å². The molecule has 1 amide bonds. The Bertz CT molecular complexity index is 2960. The minimum atomic E-state index is -4.56. The normalized spacial score (nSPS) is 12.8. The van der Waals surface area contributed by atoms with Crippen molar-refractivity contribution in [3.8, 4) is 0 Å². The second kappa shape index (κ2) is 38.6. The molecule has 0 atom stereocenters. The summed E-state index contributed by atoms with van der Waals surface area (Å²) in [6.07, 6.45) is -1.08. The first-order valence-corrected chi connectivity index (χ1v) is 25.3. The van der Waals surface area contributed by atoms with Gasteiger partial charge in [0, 0.05) is 73.4 Å². The lowest BCUT2D eigenvalue weighted by Crippen LogP contribution is -2.37. The molecule has 0 aromatic heterocycles. The van der Waals surface area contributed by atoms with Gasteiger partial charge in [-0.15, -0.1) is 12.4 Å². The molecule has 37 heteroatoms. The van der Waals surface area contributed by atoms with Gasteiger partial charge >= 0.3 is 35.9 Å². The fraction of sp³-hybridized carbons (Fsp3) is 0.415. The first-order valence-electron chi connectivity index (χ1n) is 24.5. The number of nitrogens with one attached hydrogen (secondary N) is 2. The van der Waals surface area contributed by atoms with E-state index >= 15 is 0 Å². The van der Waals surface area contributed by atoms with Gasteiger partial charge in [0.2, 0.25) is 20.0 Å². The lowest BCUT2D eigenvalue weighted by atomic mass is 10.2. The number of halogens is 2. The highest BCUT2D eigenvalue weighted by Crippen LogP contribution is 2.52. The maximum atomic E-state index is 12.3. The van der Waals surface area contributed by atoms with Crippen LogP contribution in [0.1, 0.15) is 33.1 Å². The number of rotatable bonds is 17. The number of likely N-dealkylation sites (N-methyl/N-ethyl adjacent to an activating group) is 3. The number of nitrogens with two attached hydrogens (primary N) is 1. The molecule has 442 valence electrons. The standard InChI is InChI=1S/C10H12N2O6S.C9H10N2O6S.C9H17NO4.C6H6ClNO4S.C4H9NO2.C3H7NO2.ClH/c1-11(7-10(13)18-2)19(16,17)9-5-3-8(4-6-9)12(14)15;1-17-9(12)6-10-18(15,16)8-4-2-7(3-5-8)11(13)14;1-9(2,3)14-8(12)10(4)6-7(11)13-5;7-13(11,12)6-3-1-5(2-4-6)8(9)10;1-5-3-4(6)7-2;1-6-3(5)2-4;/h3-6H,7H2,1-2H3;2-5,10H,6H2,1H3;6H2,1-5H3;1-4,11-12H;5H,3H2,1-2H3;2,4H2,1H3;1H/i1D3;;4D3;;1D3;;. The van der Waals surface area contributed by atoms with Gasteiger partial charge in [0.25, 0.3) is 17.1 Å². The van der Waals surface area contributed by atoms with E-state index in [0.717, 1.165) is 82.0 Å². The summed E-state index contributed by atoms with van der Waals surface area (Å²) in [5.41, 5.74) is 3.28. The van der Waals surface area contributed by atoms with E-state index in [-0.39, 0.29) is 62.6 Å². The molecule has 0 fully saturated rings. The summed E-state index contributed by atoms with van der Waals surface area (Å²) >= 11 is 0. The number of hydrogen-bond donors (Lipinski definition) is 5. The van der Waals surface area contributed by atoms with Crippen LogP contribution in [0.15, 0.2) is 87.5 Å². The number of non-ortho nitro benzene ring substituents is 3. The van der Waals surface area contributed by atoms with E-state index in [1.165, 1.54) is 26.4 Å². The maximum Gasteiger partial charge on any atom is 0.410 e. The molecule has 0 bridgehead atoms. The molecule has 32 nitrogen and oxygen atoms in total. The molecule has 3 rings (SSSR count). The minimum absolute atomic E-state index is 0. The molecule has 3 aromatic carbocycles. The molecule has 78 heavy (non-hydrogen) atoms. The molecule has 3 aromatic rings. The van der Waals surface area contributed by atoms with Crippen LogP contribution in [0.25, 0.3) is 0 Å². The number of methoxy groups -OCH3 is 5. The average molecular weight is 1230 g/mol. The third-order valence-electron chi connectivity index (χ3n) is 7.46. The molecular weight excluding hydrogens is 1160 g/mol. The largest absolute Gasteiger partial charge is 0.468 e. The minimum Gasteiger partial charge on any atom is -0.468 e. The van der Waals surface area contributed by atoms with Crippen molar-refractivity contribution in [1.29, 1.82) is 0 Å². The maximum absolute atomic E-state index is 12.3. The van der Waals surface area contributed by atoms with Crippen molar-refractivity contribution in [3.05, 3.63) is 103 Å². The van der Waals surface area contributed by atoms with Gasteiger partial charge < -0.3 is 44.4 Å². The highest BCUT2D eigenvalue weighted by molar-refractivity contribution is 8.43. The molecular formula is C41H62Cl2N8O24S3. The summed E-state index contributed by atoms with van der Waals surface area (Å²) in [6.45, 7) is -5.85. The SMILES string of the molecule is COC(=O)CN.COC(=O)CNS(=O)(=O)c1ccc([N+](=O)[O-])cc1.Cl.O=[N+]([O-])c1ccc(S(O)(O)Cl)cc1.[2H]C([2H])([2H])N(CC(=O)OC)C(=O)OC(C)(C)C.[2H]C([2H])([2H])N(CC(=O)OC)S(=O)(=O)c1ccc([N+](=O)[O-])cc1.[2H]C([2H])([2H])NCC(=O)OC. The van der Waals surface area contributed by atoms with Crippen LogP contribution in [0.4, 0.5) is 21.9 Å². The Morgan fingerprint density at radius 3 is 1.31 bits per heavy atom. The van der Waals surface area contributed by atoms with E-state index in [9.17, 15) is 75.9 Å². The Hall–Kier alpha value is -6.93. The van der Waals surface area contributed by atoms with Crippen LogP contribution >= 0.6 is 32.9 Å². The number of carbonyl (C=O) groups excluding carboxylic acids is 6. The lowest BCUT2D eigenvalue weighted by molar-refractivity contribution is -0.385. The topological polar surface area (TPSA) is 453 Å². The second-order valence-electron chi connectivity index (χ2n) is 14.1. The summed E-state index contributed by atoms with van der Waals surface area (Å²) in [4.78, 5) is 93.7. The van der Waals surface area contributed by atoms with Crippen LogP contribution in [-0.2, 0) is 72.4 Å². The van der Waals surface area contributed by atoms with E-state index < -0.39 is 126 Å². The van der Waals surface area contributed by atoms with Crippen LogP contribution in [0, 0.1) is 30.3 Å². The molecule has 0 aliphatic rings. The number of carbonyl (C=O) groups is 6. The predicted molar refractivity (Wildman–Crippen MR) is 280 cm³/mol. The quantitative estimate of drug-likeness (QED) is 0.0560. The van der Waals surface area contributed by atoms with Crippen molar-refractivity contribution in [2.24, 2.45) is 5.73 Å². The van der Waals surface area contributed by atoms with Crippen LogP contribution in [0.3, 0.4) is 0 Å². The third-order valence-corrected chi connectivity index (χ3v) is 11.9. The number of ether oxygens (including phenoxy) is 6. The Balaban J connectivity index is -0.000000491. The smallest absolute Gasteiger partial charge is 0.410 e. The highest BCUT2D eigenvalue weighted by Gasteiger charge is 2.25. The Morgan fingerprint density at radius 1 is 0.628 bits per heavy atom. The van der Waals surface area contributed by atoms with Gasteiger partial charge in [-0.2, -0.15) is 9.03 Å². The van der Waals surface area contributed by atoms with Gasteiger partial charge in [0.15, 0.2) is 0 Å². The summed E-state index contributed by atoms with van der Waals surface area (Å²) in [5, 5.41) is 33.1. The zero-order chi connectivity index (χ0) is 68.0. The van der Waals surface area contributed by atoms with E-state index in [1.807, 2.05) is 10.0 Å². The summed E-state index contributed by atoms with van der Waals surface area (Å²) in [5.74, 6) is -3.58. The van der Waals surface area contributed by atoms with Gasteiger partial charge in [0.1, 0.15) is 25.2 Å². The van der Waals surface area contributed by atoms with Crippen LogP contribution < -0.4 is 15.8 Å². The van der Waals surface area contributed by atoms with Crippen LogP contribution in [-0.4, -0.2) is 181 Å². The molecule has 0 aliphatic carbocycles. The van der Waals surface area contributed by atoms with Gasteiger partial charge in [-0.05, 0) is 64.1 Å². The number of esters is 5. The molecule has 0 saturated heterocycles. The van der Waals surface area contributed by atoms with Gasteiger partial charge in [-0.1, -0.05) is 9.80 Å². The first-order chi connectivity index (χ1) is 39.0. The monoisotopic (exact) mass is 1230 g/mol. The van der Waals surface area contributed by atoms with E-state index in [2.05, 4.69) is 23.7 Å². The van der Waals surface area contributed by atoms with Crippen LogP contribution in [0.5, 0.6) is 0 Å². The van der Waals surface area contributed by atoms with Crippen molar-refractivity contribution in [2.75, 3.05) is 89.2 Å². The molecule has 0 saturated carbocycles. The van der Waals surface area contributed by atoms with E-state index in [1.54, 1.807) is 20.8 Å². The molecule has 0 spiro atoms. The molecule has 0 unspecified atom stereocenters. The number of hydrogen-bond acceptors (Lipinski definition) is 26. The summed E-state index contributed by atoms with van der Waals surface area (Å²) in [6, 6.07) is 12.6. The Labute approximate surface area is 473 Å². The fourth-order valence-electron chi connectivity index (χ4n) is 3.73. The second-order valence-corrected chi connectivity index (χ2v) is 20.4. The van der Waals surface area contributed by atoms with Crippen molar-refractivity contribution in [3.63, 3.8) is 0 Å². The average Bonchev–Trinajstić information content (AvgIpc) is 2.17. The molecule has 6 N–H and O–H groups in total. The van der Waals surface area contributed by atoms with Gasteiger partial charge in [-0.3, -0.25) is 63.4 Å². The number of amides is 1. The Kier molecular flexibility index (Phi) is 29.8. The van der Waals surface area contributed by atoms with Crippen molar-refractivity contribution < 1.29 is 110 Å². The Morgan fingerprint density at radius 2 is 1.00 bits per heavy atom. The highest BCUT2D eigenvalue weighted by atomic mass is 35.7. The number of benzene rings is 3. The van der Waals surface area contributed by atoms with Crippen LogP contribution in [0.2, 0.25) is 0 Å². The van der Waals surface area contributed by atoms with Gasteiger partial charge in [0.05, 0.1) is 78.1 Å². The zero-order valence-electron chi connectivity index (χ0n) is 51.2. The number of nitro benzene ring substituents is 3. The number of nitro groups is 3. The third kappa shape index (κ3) is 34.0. The molecule has 0 aliphatic heterocycles. The summed E-state index contributed by atoms with van der Waals surface area (Å²) < 4.78 is 157. The first kappa shape index (κ1) is 60.3. The predicted octanol–water partition coefficient (Wildman–Crippen LogP) is 3.24. The molecule has 0 radical (unpaired) electrons. The number of sulfonamides is 2. The number of nitrogens with zero attached hydrogens (tertiary/aromatic N) is 5. The van der Waals surface area contributed by atoms with Crippen molar-refractivity contribution in [1.82, 2.24) is 19.2 Å². The fourth-order valence-corrected chi connectivity index (χ4v) is 6.50. The van der Waals surface area contributed by atoms with E-state index in [4.69, 9.17) is 42.6 Å². The zero-order valence-corrected chi connectivity index (χ0v) is 46.2. The lowest BCUT2D eigenvalue weighted by Gasteiger charge is -2.23. The van der Waals surface area contributed by atoms with Crippen molar-refractivity contribution >= 4 is 106 Å². The van der Waals surface area contributed by atoms with Crippen molar-refractivity contribution in [2.45, 2.75) is 41.1 Å².